The van der Waals surface area contributed by atoms with Gasteiger partial charge >= 0.3 is 6.03 Å². The minimum atomic E-state index is -0.234. The lowest BCUT2D eigenvalue weighted by Gasteiger charge is -2.19. The van der Waals surface area contributed by atoms with Gasteiger partial charge in [-0.1, -0.05) is 37.3 Å². The molecule has 1 saturated carbocycles. The molecule has 144 valence electrons. The zero-order valence-corrected chi connectivity index (χ0v) is 16.0. The lowest BCUT2D eigenvalue weighted by molar-refractivity contribution is 0.201. The van der Waals surface area contributed by atoms with Gasteiger partial charge in [-0.05, 0) is 49.8 Å². The van der Waals surface area contributed by atoms with E-state index in [1.807, 2.05) is 48.5 Å². The molecule has 2 aromatic rings. The summed E-state index contributed by atoms with van der Waals surface area (Å²) in [4.78, 5) is 12.5. The third-order valence-electron chi connectivity index (χ3n) is 4.93. The number of amides is 2. The van der Waals surface area contributed by atoms with Gasteiger partial charge in [0, 0.05) is 11.8 Å². The van der Waals surface area contributed by atoms with Gasteiger partial charge in [-0.2, -0.15) is 0 Å². The molecular formula is C22H28N2O3. The first-order valence-corrected chi connectivity index (χ1v) is 9.66. The third-order valence-corrected chi connectivity index (χ3v) is 4.93. The van der Waals surface area contributed by atoms with Crippen molar-refractivity contribution in [2.24, 2.45) is 0 Å². The Bertz CT molecular complexity index is 742. The van der Waals surface area contributed by atoms with Crippen molar-refractivity contribution >= 4 is 11.7 Å². The molecule has 0 radical (unpaired) electrons. The van der Waals surface area contributed by atoms with Crippen LogP contribution in [0.25, 0.3) is 0 Å². The van der Waals surface area contributed by atoms with E-state index >= 15 is 0 Å². The minimum Gasteiger partial charge on any atom is -0.493 e. The topological polar surface area (TPSA) is 59.6 Å². The number of carbonyl (C=O) groups excluding carboxylic acids is 1. The van der Waals surface area contributed by atoms with Crippen molar-refractivity contribution in [1.29, 1.82) is 0 Å². The van der Waals surface area contributed by atoms with Gasteiger partial charge in [0.25, 0.3) is 0 Å². The molecule has 5 heteroatoms. The van der Waals surface area contributed by atoms with Gasteiger partial charge in [-0.25, -0.2) is 4.79 Å². The van der Waals surface area contributed by atoms with E-state index in [2.05, 4.69) is 17.6 Å². The normalized spacial score (nSPS) is 15.2. The number of hydrogen-bond donors (Lipinski definition) is 2. The molecule has 1 fully saturated rings. The van der Waals surface area contributed by atoms with Crippen LogP contribution in [0, 0.1) is 0 Å². The SMILES string of the molecule is CCC(NC(=O)Nc1ccc(OC)c(OC2CCCC2)c1)c1ccccc1. The number of carbonyl (C=O) groups is 1. The molecule has 0 saturated heterocycles. The summed E-state index contributed by atoms with van der Waals surface area (Å²) in [5.41, 5.74) is 1.78. The Morgan fingerprint density at radius 2 is 1.85 bits per heavy atom. The third kappa shape index (κ3) is 5.16. The van der Waals surface area contributed by atoms with Crippen LogP contribution in [0.15, 0.2) is 48.5 Å². The van der Waals surface area contributed by atoms with Crippen LogP contribution < -0.4 is 20.1 Å². The minimum absolute atomic E-state index is 0.0290. The lowest BCUT2D eigenvalue weighted by atomic mass is 10.1. The molecule has 0 spiro atoms. The highest BCUT2D eigenvalue weighted by Crippen LogP contribution is 2.34. The van der Waals surface area contributed by atoms with Gasteiger partial charge in [-0.3, -0.25) is 0 Å². The largest absolute Gasteiger partial charge is 0.493 e. The zero-order chi connectivity index (χ0) is 19.1. The van der Waals surface area contributed by atoms with Crippen molar-refractivity contribution in [3.8, 4) is 11.5 Å². The Morgan fingerprint density at radius 1 is 1.11 bits per heavy atom. The molecule has 5 nitrogen and oxygen atoms in total. The van der Waals surface area contributed by atoms with E-state index in [0.29, 0.717) is 17.2 Å². The summed E-state index contributed by atoms with van der Waals surface area (Å²) in [7, 11) is 1.63. The number of anilines is 1. The Hall–Kier alpha value is -2.69. The van der Waals surface area contributed by atoms with Crippen LogP contribution in [0.4, 0.5) is 10.5 Å². The van der Waals surface area contributed by atoms with E-state index in [9.17, 15) is 4.79 Å². The monoisotopic (exact) mass is 368 g/mol. The highest BCUT2D eigenvalue weighted by atomic mass is 16.5. The molecule has 3 rings (SSSR count). The second-order valence-corrected chi connectivity index (χ2v) is 6.86. The molecule has 1 aliphatic carbocycles. The number of nitrogens with one attached hydrogen (secondary N) is 2. The second-order valence-electron chi connectivity index (χ2n) is 6.86. The Morgan fingerprint density at radius 3 is 2.52 bits per heavy atom. The van der Waals surface area contributed by atoms with Gasteiger partial charge in [-0.15, -0.1) is 0 Å². The van der Waals surface area contributed by atoms with Gasteiger partial charge < -0.3 is 20.1 Å². The number of ether oxygens (including phenoxy) is 2. The van der Waals surface area contributed by atoms with E-state index < -0.39 is 0 Å². The first-order chi connectivity index (χ1) is 13.2. The number of hydrogen-bond acceptors (Lipinski definition) is 3. The quantitative estimate of drug-likeness (QED) is 0.698. The maximum Gasteiger partial charge on any atom is 0.319 e. The molecule has 1 aliphatic rings. The van der Waals surface area contributed by atoms with E-state index in [0.717, 1.165) is 24.8 Å². The van der Waals surface area contributed by atoms with Crippen LogP contribution in [0.3, 0.4) is 0 Å². The second kappa shape index (κ2) is 9.31. The molecule has 2 N–H and O–H groups in total. The Labute approximate surface area is 161 Å². The molecule has 27 heavy (non-hydrogen) atoms. The van der Waals surface area contributed by atoms with Crippen LogP contribution >= 0.6 is 0 Å². The predicted molar refractivity (Wildman–Crippen MR) is 108 cm³/mol. The summed E-state index contributed by atoms with van der Waals surface area (Å²) in [6, 6.07) is 15.2. The molecular weight excluding hydrogens is 340 g/mol. The van der Waals surface area contributed by atoms with E-state index in [1.54, 1.807) is 7.11 Å². The highest BCUT2D eigenvalue weighted by Gasteiger charge is 2.19. The predicted octanol–water partition coefficient (Wildman–Crippen LogP) is 5.29. The summed E-state index contributed by atoms with van der Waals surface area (Å²) in [6.45, 7) is 2.05. The van der Waals surface area contributed by atoms with Crippen LogP contribution in [0.2, 0.25) is 0 Å². The van der Waals surface area contributed by atoms with Crippen molar-refractivity contribution in [1.82, 2.24) is 5.32 Å². The summed E-state index contributed by atoms with van der Waals surface area (Å²) in [5.74, 6) is 1.36. The number of urea groups is 1. The van der Waals surface area contributed by atoms with Gasteiger partial charge in [0.2, 0.25) is 0 Å². The van der Waals surface area contributed by atoms with Crippen LogP contribution in [-0.4, -0.2) is 19.2 Å². The molecule has 2 amide bonds. The van der Waals surface area contributed by atoms with Crippen LogP contribution in [-0.2, 0) is 0 Å². The van der Waals surface area contributed by atoms with Crippen molar-refractivity contribution in [3.63, 3.8) is 0 Å². The van der Waals surface area contributed by atoms with Gasteiger partial charge in [0.1, 0.15) is 0 Å². The standard InChI is InChI=1S/C22H28N2O3/c1-3-19(16-9-5-4-6-10-16)24-22(25)23-17-13-14-20(26-2)21(15-17)27-18-11-7-8-12-18/h4-6,9-10,13-15,18-19H,3,7-8,11-12H2,1-2H3,(H2,23,24,25). The molecule has 0 aromatic heterocycles. The van der Waals surface area contributed by atoms with Crippen molar-refractivity contribution < 1.29 is 14.3 Å². The molecule has 1 unspecified atom stereocenters. The summed E-state index contributed by atoms with van der Waals surface area (Å²) in [6.07, 6.45) is 5.57. The van der Waals surface area contributed by atoms with Crippen molar-refractivity contribution in [2.45, 2.75) is 51.2 Å². The molecule has 1 atom stereocenters. The molecule has 0 aliphatic heterocycles. The van der Waals surface area contributed by atoms with Gasteiger partial charge in [0.05, 0.1) is 19.3 Å². The first kappa shape index (κ1) is 19.1. The summed E-state index contributed by atoms with van der Waals surface area (Å²) in [5, 5.41) is 5.94. The van der Waals surface area contributed by atoms with Crippen LogP contribution in [0.1, 0.15) is 50.6 Å². The fourth-order valence-electron chi connectivity index (χ4n) is 3.46. The smallest absolute Gasteiger partial charge is 0.319 e. The van der Waals surface area contributed by atoms with Crippen LogP contribution in [0.5, 0.6) is 11.5 Å². The average molecular weight is 368 g/mol. The average Bonchev–Trinajstić information content (AvgIpc) is 3.20. The number of benzene rings is 2. The van der Waals surface area contributed by atoms with E-state index in [1.165, 1.54) is 12.8 Å². The fourth-order valence-corrected chi connectivity index (χ4v) is 3.46. The number of methoxy groups -OCH3 is 1. The first-order valence-electron chi connectivity index (χ1n) is 9.66. The number of rotatable bonds is 7. The molecule has 2 aromatic carbocycles. The highest BCUT2D eigenvalue weighted by molar-refractivity contribution is 5.90. The maximum atomic E-state index is 12.5. The summed E-state index contributed by atoms with van der Waals surface area (Å²) >= 11 is 0. The fraction of sp³-hybridized carbons (Fsp3) is 0.409. The van der Waals surface area contributed by atoms with E-state index in [-0.39, 0.29) is 18.2 Å². The van der Waals surface area contributed by atoms with Gasteiger partial charge in [0.15, 0.2) is 11.5 Å². The maximum absolute atomic E-state index is 12.5. The van der Waals surface area contributed by atoms with Crippen molar-refractivity contribution in [3.05, 3.63) is 54.1 Å². The Balaban J connectivity index is 1.66. The summed E-state index contributed by atoms with van der Waals surface area (Å²) < 4.78 is 11.5. The molecule has 0 heterocycles. The molecule has 0 bridgehead atoms. The Kier molecular flexibility index (Phi) is 6.58. The van der Waals surface area contributed by atoms with E-state index in [4.69, 9.17) is 9.47 Å². The van der Waals surface area contributed by atoms with Crippen molar-refractivity contribution in [2.75, 3.05) is 12.4 Å². The zero-order valence-electron chi connectivity index (χ0n) is 16.0. The lowest BCUT2D eigenvalue weighted by Crippen LogP contribution is -2.32.